The lowest BCUT2D eigenvalue weighted by Gasteiger charge is -2.38. The Bertz CT molecular complexity index is 815. The van der Waals surface area contributed by atoms with Crippen molar-refractivity contribution in [2.75, 3.05) is 23.3 Å². The summed E-state index contributed by atoms with van der Waals surface area (Å²) in [5.41, 5.74) is 6.95. The van der Waals surface area contributed by atoms with E-state index in [1.807, 2.05) is 0 Å². The van der Waals surface area contributed by atoms with E-state index < -0.39 is 0 Å². The number of hydrogen-bond donors (Lipinski definition) is 1. The molecular weight excluding hydrogens is 328 g/mol. The predicted octanol–water partition coefficient (Wildman–Crippen LogP) is 6.48. The molecule has 0 aromatic heterocycles. The maximum absolute atomic E-state index is 3.88. The smallest absolute Gasteiger partial charge is 0.0553 e. The number of anilines is 2. The van der Waals surface area contributed by atoms with Crippen LogP contribution in [-0.2, 0) is 0 Å². The van der Waals surface area contributed by atoms with Gasteiger partial charge in [-0.05, 0) is 67.0 Å². The van der Waals surface area contributed by atoms with Gasteiger partial charge in [0.05, 0.1) is 6.04 Å². The summed E-state index contributed by atoms with van der Waals surface area (Å²) in [7, 11) is 0. The van der Waals surface area contributed by atoms with Gasteiger partial charge in [0.25, 0.3) is 0 Å². The molecule has 4 rings (SSSR count). The molecule has 0 saturated carbocycles. The van der Waals surface area contributed by atoms with Gasteiger partial charge >= 0.3 is 0 Å². The van der Waals surface area contributed by atoms with Gasteiger partial charge in [0.2, 0.25) is 0 Å². The van der Waals surface area contributed by atoms with Crippen LogP contribution in [0, 0.1) is 5.92 Å². The van der Waals surface area contributed by atoms with Crippen molar-refractivity contribution in [3.63, 3.8) is 0 Å². The van der Waals surface area contributed by atoms with Gasteiger partial charge in [-0.2, -0.15) is 0 Å². The Morgan fingerprint density at radius 2 is 1.78 bits per heavy atom. The Morgan fingerprint density at radius 1 is 1.04 bits per heavy atom. The predicted molar refractivity (Wildman–Crippen MR) is 117 cm³/mol. The first-order valence-electron chi connectivity index (χ1n) is 10.5. The van der Waals surface area contributed by atoms with E-state index in [9.17, 15) is 0 Å². The van der Waals surface area contributed by atoms with Crippen LogP contribution in [0.15, 0.2) is 54.6 Å². The number of nitrogens with zero attached hydrogens (tertiary/aromatic N) is 1. The summed E-state index contributed by atoms with van der Waals surface area (Å²) in [6, 6.07) is 16.6. The Balaban J connectivity index is 1.68. The van der Waals surface area contributed by atoms with E-state index in [0.29, 0.717) is 23.8 Å². The van der Waals surface area contributed by atoms with Gasteiger partial charge in [-0.25, -0.2) is 0 Å². The normalized spacial score (nSPS) is 23.1. The van der Waals surface area contributed by atoms with Crippen LogP contribution in [0.3, 0.4) is 0 Å². The molecule has 1 aliphatic carbocycles. The average molecular weight is 361 g/mol. The first-order valence-corrected chi connectivity index (χ1v) is 10.5. The van der Waals surface area contributed by atoms with Crippen LogP contribution in [0.5, 0.6) is 0 Å². The van der Waals surface area contributed by atoms with E-state index in [4.69, 9.17) is 0 Å². The summed E-state index contributed by atoms with van der Waals surface area (Å²) in [5, 5.41) is 3.88. The van der Waals surface area contributed by atoms with Crippen LogP contribution in [0.4, 0.5) is 11.4 Å². The molecule has 1 aliphatic heterocycles. The molecule has 0 saturated heterocycles. The molecule has 0 amide bonds. The average Bonchev–Trinajstić information content (AvgIpc) is 3.18. The summed E-state index contributed by atoms with van der Waals surface area (Å²) in [6.07, 6.45) is 5.97. The van der Waals surface area contributed by atoms with Crippen molar-refractivity contribution in [2.45, 2.75) is 52.0 Å². The van der Waals surface area contributed by atoms with Crippen LogP contribution >= 0.6 is 0 Å². The van der Waals surface area contributed by atoms with E-state index in [1.54, 1.807) is 0 Å². The Hall–Kier alpha value is -2.22. The number of rotatable bonds is 5. The molecule has 2 aromatic rings. The van der Waals surface area contributed by atoms with E-state index in [2.05, 4.69) is 92.5 Å². The largest absolute Gasteiger partial charge is 0.378 e. The quantitative estimate of drug-likeness (QED) is 0.614. The first kappa shape index (κ1) is 18.2. The molecule has 0 radical (unpaired) electrons. The van der Waals surface area contributed by atoms with E-state index in [0.717, 1.165) is 19.5 Å². The Kier molecular flexibility index (Phi) is 4.99. The Morgan fingerprint density at radius 3 is 2.44 bits per heavy atom. The second kappa shape index (κ2) is 7.42. The molecule has 27 heavy (non-hydrogen) atoms. The van der Waals surface area contributed by atoms with Crippen molar-refractivity contribution < 1.29 is 0 Å². The minimum atomic E-state index is 0.387. The highest BCUT2D eigenvalue weighted by molar-refractivity contribution is 5.66. The van der Waals surface area contributed by atoms with Crippen molar-refractivity contribution in [2.24, 2.45) is 5.92 Å². The molecule has 2 nitrogen and oxygen atoms in total. The molecule has 0 spiro atoms. The SMILES string of the molecule is CCN(CC)c1ccc2c(c1)C1C=CCC1C(c1ccc(C(C)C)cc1)N2. The van der Waals surface area contributed by atoms with Crippen molar-refractivity contribution in [3.8, 4) is 0 Å². The van der Waals surface area contributed by atoms with Crippen molar-refractivity contribution in [1.82, 2.24) is 0 Å². The molecule has 3 atom stereocenters. The molecule has 2 aromatic carbocycles. The molecule has 0 fully saturated rings. The number of nitrogens with one attached hydrogen (secondary N) is 1. The van der Waals surface area contributed by atoms with Gasteiger partial charge in [-0.1, -0.05) is 50.3 Å². The van der Waals surface area contributed by atoms with E-state index >= 15 is 0 Å². The standard InChI is InChI=1S/C25H32N2/c1-5-27(6-2)20-14-15-24-23(16-20)21-8-7-9-22(21)25(26-24)19-12-10-18(11-13-19)17(3)4/h7-8,10-17,21-22,25-26H,5-6,9H2,1-4H3. The minimum absolute atomic E-state index is 0.387. The molecule has 142 valence electrons. The fraction of sp³-hybridized carbons (Fsp3) is 0.440. The molecule has 3 unspecified atom stereocenters. The second-order valence-corrected chi connectivity index (χ2v) is 8.24. The topological polar surface area (TPSA) is 15.3 Å². The summed E-state index contributed by atoms with van der Waals surface area (Å²) in [6.45, 7) is 11.1. The van der Waals surface area contributed by atoms with Gasteiger partial charge in [-0.3, -0.25) is 0 Å². The van der Waals surface area contributed by atoms with Crippen LogP contribution < -0.4 is 10.2 Å². The first-order chi connectivity index (χ1) is 13.1. The molecule has 2 heteroatoms. The molecule has 1 heterocycles. The number of allylic oxidation sites excluding steroid dienone is 2. The summed E-state index contributed by atoms with van der Waals surface area (Å²) in [4.78, 5) is 2.44. The van der Waals surface area contributed by atoms with Crippen LogP contribution in [-0.4, -0.2) is 13.1 Å². The number of hydrogen-bond acceptors (Lipinski definition) is 2. The number of benzene rings is 2. The fourth-order valence-electron chi connectivity index (χ4n) is 4.79. The molecule has 0 bridgehead atoms. The van der Waals surface area contributed by atoms with Gasteiger partial charge in [0, 0.05) is 30.4 Å². The van der Waals surface area contributed by atoms with Crippen LogP contribution in [0.25, 0.3) is 0 Å². The molecule has 1 N–H and O–H groups in total. The third-order valence-electron chi connectivity index (χ3n) is 6.44. The van der Waals surface area contributed by atoms with Crippen molar-refractivity contribution >= 4 is 11.4 Å². The lowest BCUT2D eigenvalue weighted by molar-refractivity contribution is 0.425. The highest BCUT2D eigenvalue weighted by Crippen LogP contribution is 2.50. The monoisotopic (exact) mass is 360 g/mol. The third-order valence-corrected chi connectivity index (χ3v) is 6.44. The highest BCUT2D eigenvalue weighted by Gasteiger charge is 2.38. The lowest BCUT2D eigenvalue weighted by Crippen LogP contribution is -2.29. The van der Waals surface area contributed by atoms with E-state index in [1.165, 1.54) is 28.1 Å². The maximum atomic E-state index is 3.88. The molecular formula is C25H32N2. The summed E-state index contributed by atoms with van der Waals surface area (Å²) < 4.78 is 0. The summed E-state index contributed by atoms with van der Waals surface area (Å²) in [5.74, 6) is 1.71. The Labute approximate surface area is 164 Å². The zero-order valence-electron chi connectivity index (χ0n) is 17.1. The van der Waals surface area contributed by atoms with Gasteiger partial charge in [-0.15, -0.1) is 0 Å². The summed E-state index contributed by atoms with van der Waals surface area (Å²) >= 11 is 0. The van der Waals surface area contributed by atoms with Crippen molar-refractivity contribution in [1.29, 1.82) is 0 Å². The van der Waals surface area contributed by atoms with Crippen molar-refractivity contribution in [3.05, 3.63) is 71.3 Å². The van der Waals surface area contributed by atoms with Crippen LogP contribution in [0.1, 0.15) is 68.7 Å². The van der Waals surface area contributed by atoms with Gasteiger partial charge in [0.1, 0.15) is 0 Å². The third kappa shape index (κ3) is 3.26. The second-order valence-electron chi connectivity index (χ2n) is 8.24. The highest BCUT2D eigenvalue weighted by atomic mass is 15.1. The van der Waals surface area contributed by atoms with Gasteiger partial charge < -0.3 is 10.2 Å². The zero-order chi connectivity index (χ0) is 19.0. The molecule has 2 aliphatic rings. The van der Waals surface area contributed by atoms with E-state index in [-0.39, 0.29) is 0 Å². The van der Waals surface area contributed by atoms with Crippen LogP contribution in [0.2, 0.25) is 0 Å². The maximum Gasteiger partial charge on any atom is 0.0553 e. The zero-order valence-corrected chi connectivity index (χ0v) is 17.1. The fourth-order valence-corrected chi connectivity index (χ4v) is 4.79. The van der Waals surface area contributed by atoms with Gasteiger partial charge in [0.15, 0.2) is 0 Å². The lowest BCUT2D eigenvalue weighted by atomic mass is 9.76. The number of fused-ring (bicyclic) bond motifs is 3. The minimum Gasteiger partial charge on any atom is -0.378 e.